The van der Waals surface area contributed by atoms with E-state index < -0.39 is 0 Å². The number of urea groups is 1. The molecule has 1 saturated heterocycles. The third-order valence-electron chi connectivity index (χ3n) is 4.93. The van der Waals surface area contributed by atoms with E-state index in [-0.39, 0.29) is 17.6 Å². The standard InChI is InChI=1S/C20H25N3O2/c1-14-7-9-16(10-8-14)17-6-4-5-12-23(17)20(25)21-18-15(2)11-13-22(3)19(18)24/h7-11,13,17H,4-6,12H2,1-3H3,(H,21,25). The van der Waals surface area contributed by atoms with E-state index in [9.17, 15) is 9.59 Å². The van der Waals surface area contributed by atoms with Gasteiger partial charge in [-0.25, -0.2) is 4.79 Å². The minimum atomic E-state index is -0.198. The van der Waals surface area contributed by atoms with Gasteiger partial charge in [-0.3, -0.25) is 4.79 Å². The van der Waals surface area contributed by atoms with Gasteiger partial charge in [0, 0.05) is 19.8 Å². The van der Waals surface area contributed by atoms with Crippen LogP contribution >= 0.6 is 0 Å². The van der Waals surface area contributed by atoms with Crippen molar-refractivity contribution in [3.8, 4) is 0 Å². The number of amides is 2. The Morgan fingerprint density at radius 2 is 1.84 bits per heavy atom. The fourth-order valence-electron chi connectivity index (χ4n) is 3.36. The van der Waals surface area contributed by atoms with Crippen LogP contribution in [0.15, 0.2) is 41.3 Å². The number of nitrogens with one attached hydrogen (secondary N) is 1. The highest BCUT2D eigenvalue weighted by Gasteiger charge is 2.28. The van der Waals surface area contributed by atoms with Crippen molar-refractivity contribution < 1.29 is 4.79 Å². The molecule has 2 amide bonds. The first kappa shape index (κ1) is 17.3. The molecule has 0 bridgehead atoms. The summed E-state index contributed by atoms with van der Waals surface area (Å²) in [7, 11) is 1.69. The van der Waals surface area contributed by atoms with E-state index in [1.165, 1.54) is 10.1 Å². The number of pyridine rings is 1. The molecule has 5 heteroatoms. The summed E-state index contributed by atoms with van der Waals surface area (Å²) in [6.45, 7) is 4.60. The fraction of sp³-hybridized carbons (Fsp3) is 0.400. The molecule has 1 fully saturated rings. The second-order valence-electron chi connectivity index (χ2n) is 6.84. The number of aromatic nitrogens is 1. The SMILES string of the molecule is Cc1ccc(C2CCCCN2C(=O)Nc2c(C)ccn(C)c2=O)cc1. The lowest BCUT2D eigenvalue weighted by atomic mass is 9.95. The first-order chi connectivity index (χ1) is 12.0. The molecule has 1 aromatic heterocycles. The highest BCUT2D eigenvalue weighted by atomic mass is 16.2. The van der Waals surface area contributed by atoms with Gasteiger partial charge < -0.3 is 14.8 Å². The van der Waals surface area contributed by atoms with Gasteiger partial charge in [0.25, 0.3) is 5.56 Å². The summed E-state index contributed by atoms with van der Waals surface area (Å²) in [5, 5.41) is 2.85. The molecule has 3 rings (SSSR count). The van der Waals surface area contributed by atoms with Crippen LogP contribution in [0.4, 0.5) is 10.5 Å². The fourth-order valence-corrected chi connectivity index (χ4v) is 3.36. The maximum absolute atomic E-state index is 12.9. The number of aryl methyl sites for hydroxylation is 3. The highest BCUT2D eigenvalue weighted by molar-refractivity contribution is 5.90. The lowest BCUT2D eigenvalue weighted by Gasteiger charge is -2.36. The molecule has 1 aliphatic heterocycles. The second-order valence-corrected chi connectivity index (χ2v) is 6.84. The van der Waals surface area contributed by atoms with Gasteiger partial charge in [0.2, 0.25) is 0 Å². The van der Waals surface area contributed by atoms with Crippen LogP contribution in [0.1, 0.15) is 42.0 Å². The number of likely N-dealkylation sites (tertiary alicyclic amines) is 1. The van der Waals surface area contributed by atoms with E-state index in [4.69, 9.17) is 0 Å². The highest BCUT2D eigenvalue weighted by Crippen LogP contribution is 2.31. The topological polar surface area (TPSA) is 54.3 Å². The van der Waals surface area contributed by atoms with Gasteiger partial charge >= 0.3 is 6.03 Å². The smallest absolute Gasteiger partial charge is 0.317 e. The van der Waals surface area contributed by atoms with Crippen LogP contribution in [-0.2, 0) is 7.05 Å². The molecule has 1 N–H and O–H groups in total. The summed E-state index contributed by atoms with van der Waals surface area (Å²) in [6, 6.07) is 10.1. The summed E-state index contributed by atoms with van der Waals surface area (Å²) < 4.78 is 1.48. The molecule has 1 unspecified atom stereocenters. The maximum Gasteiger partial charge on any atom is 0.322 e. The lowest BCUT2D eigenvalue weighted by Crippen LogP contribution is -2.42. The van der Waals surface area contributed by atoms with Crippen molar-refractivity contribution >= 4 is 11.7 Å². The zero-order chi connectivity index (χ0) is 18.0. The predicted molar refractivity (Wildman–Crippen MR) is 99.9 cm³/mol. The zero-order valence-electron chi connectivity index (χ0n) is 15.1. The molecule has 1 atom stereocenters. The van der Waals surface area contributed by atoms with E-state index in [0.717, 1.165) is 30.4 Å². The quantitative estimate of drug-likeness (QED) is 0.906. The van der Waals surface area contributed by atoms with E-state index in [1.54, 1.807) is 13.2 Å². The second kappa shape index (κ2) is 7.13. The maximum atomic E-state index is 12.9. The van der Waals surface area contributed by atoms with Gasteiger partial charge in [-0.2, -0.15) is 0 Å². The average molecular weight is 339 g/mol. The van der Waals surface area contributed by atoms with Crippen LogP contribution in [-0.4, -0.2) is 22.0 Å². The summed E-state index contributed by atoms with van der Waals surface area (Å²) >= 11 is 0. The van der Waals surface area contributed by atoms with E-state index >= 15 is 0 Å². The number of hydrogen-bond donors (Lipinski definition) is 1. The van der Waals surface area contributed by atoms with Crippen LogP contribution in [0.25, 0.3) is 0 Å². The Morgan fingerprint density at radius 1 is 1.12 bits per heavy atom. The van der Waals surface area contributed by atoms with Crippen LogP contribution in [0.5, 0.6) is 0 Å². The Hall–Kier alpha value is -2.56. The molecule has 0 radical (unpaired) electrons. The number of anilines is 1. The average Bonchev–Trinajstić information content (AvgIpc) is 2.62. The third-order valence-corrected chi connectivity index (χ3v) is 4.93. The molecule has 1 aromatic carbocycles. The zero-order valence-corrected chi connectivity index (χ0v) is 15.1. The van der Waals surface area contributed by atoms with Gasteiger partial charge in [0.05, 0.1) is 6.04 Å². The minimum Gasteiger partial charge on any atom is -0.317 e. The molecule has 2 heterocycles. The number of hydrogen-bond acceptors (Lipinski definition) is 2. The van der Waals surface area contributed by atoms with Crippen LogP contribution in [0.2, 0.25) is 0 Å². The molecule has 0 spiro atoms. The normalized spacial score (nSPS) is 17.4. The van der Waals surface area contributed by atoms with Crippen molar-refractivity contribution in [2.45, 2.75) is 39.2 Å². The summed E-state index contributed by atoms with van der Waals surface area (Å²) in [5.74, 6) is 0. The van der Waals surface area contributed by atoms with Gasteiger partial charge in [-0.1, -0.05) is 29.8 Å². The van der Waals surface area contributed by atoms with Crippen molar-refractivity contribution in [2.24, 2.45) is 7.05 Å². The molecule has 0 saturated carbocycles. The van der Waals surface area contributed by atoms with Crippen LogP contribution in [0, 0.1) is 13.8 Å². The summed E-state index contributed by atoms with van der Waals surface area (Å²) in [5.41, 5.74) is 3.32. The number of carbonyl (C=O) groups is 1. The Labute approximate surface area is 148 Å². The molecule has 25 heavy (non-hydrogen) atoms. The van der Waals surface area contributed by atoms with Gasteiger partial charge in [0.1, 0.15) is 5.69 Å². The third kappa shape index (κ3) is 3.60. The van der Waals surface area contributed by atoms with Gasteiger partial charge in [-0.05, 0) is 50.3 Å². The predicted octanol–water partition coefficient (Wildman–Crippen LogP) is 3.76. The van der Waals surface area contributed by atoms with Gasteiger partial charge in [0.15, 0.2) is 0 Å². The van der Waals surface area contributed by atoms with Crippen LogP contribution in [0.3, 0.4) is 0 Å². The van der Waals surface area contributed by atoms with Crippen molar-refractivity contribution in [1.82, 2.24) is 9.47 Å². The number of benzene rings is 1. The van der Waals surface area contributed by atoms with Crippen molar-refractivity contribution in [2.75, 3.05) is 11.9 Å². The van der Waals surface area contributed by atoms with Crippen molar-refractivity contribution in [1.29, 1.82) is 0 Å². The first-order valence-corrected chi connectivity index (χ1v) is 8.78. The summed E-state index contributed by atoms with van der Waals surface area (Å²) in [4.78, 5) is 27.1. The Bertz CT molecular complexity index is 824. The number of rotatable bonds is 2. The molecule has 1 aliphatic rings. The molecular formula is C20H25N3O2. The number of piperidine rings is 1. The molecule has 0 aliphatic carbocycles. The first-order valence-electron chi connectivity index (χ1n) is 8.78. The Morgan fingerprint density at radius 3 is 2.56 bits per heavy atom. The Balaban J connectivity index is 1.86. The molecule has 2 aromatic rings. The van der Waals surface area contributed by atoms with E-state index in [0.29, 0.717) is 12.2 Å². The minimum absolute atomic E-state index is 0.0576. The number of nitrogens with zero attached hydrogens (tertiary/aromatic N) is 2. The molecule has 132 valence electrons. The number of carbonyl (C=O) groups excluding carboxylic acids is 1. The lowest BCUT2D eigenvalue weighted by molar-refractivity contribution is 0.163. The van der Waals surface area contributed by atoms with E-state index in [1.807, 2.05) is 17.9 Å². The summed E-state index contributed by atoms with van der Waals surface area (Å²) in [6.07, 6.45) is 4.75. The molecular weight excluding hydrogens is 314 g/mol. The van der Waals surface area contributed by atoms with Crippen LogP contribution < -0.4 is 10.9 Å². The van der Waals surface area contributed by atoms with Crippen molar-refractivity contribution in [3.63, 3.8) is 0 Å². The molecule has 5 nitrogen and oxygen atoms in total. The van der Waals surface area contributed by atoms with Crippen molar-refractivity contribution in [3.05, 3.63) is 63.6 Å². The largest absolute Gasteiger partial charge is 0.322 e. The van der Waals surface area contributed by atoms with Gasteiger partial charge in [-0.15, -0.1) is 0 Å². The van der Waals surface area contributed by atoms with E-state index in [2.05, 4.69) is 36.5 Å². The monoisotopic (exact) mass is 339 g/mol. The Kier molecular flexibility index (Phi) is 4.93.